The second-order valence-electron chi connectivity index (χ2n) is 7.40. The van der Waals surface area contributed by atoms with E-state index in [1.54, 1.807) is 29.2 Å². The standard InChI is InChI=1S/C20H22F3N3O4/c21-20(22,23)12-24-17(28)13-7-10-25(11-8-13)16(27)6-3-9-26-18(29)14-4-1-2-5-15(14)19(26)30/h1-2,4-5,13H,3,6-12H2,(H,24,28). The molecular weight excluding hydrogens is 403 g/mol. The van der Waals surface area contributed by atoms with Gasteiger partial charge in [0.05, 0.1) is 11.1 Å². The number of benzene rings is 1. The Morgan fingerprint density at radius 2 is 1.60 bits per heavy atom. The van der Waals surface area contributed by atoms with E-state index < -0.39 is 24.5 Å². The Bertz CT molecular complexity index is 813. The zero-order valence-corrected chi connectivity index (χ0v) is 16.2. The quantitative estimate of drug-likeness (QED) is 0.707. The summed E-state index contributed by atoms with van der Waals surface area (Å²) in [6, 6.07) is 6.56. The summed E-state index contributed by atoms with van der Waals surface area (Å²) in [6.07, 6.45) is -3.40. The van der Waals surface area contributed by atoms with Crippen LogP contribution in [-0.2, 0) is 9.59 Å². The molecule has 0 aliphatic carbocycles. The van der Waals surface area contributed by atoms with Gasteiger partial charge in [-0.15, -0.1) is 0 Å². The van der Waals surface area contributed by atoms with E-state index in [4.69, 9.17) is 0 Å². The van der Waals surface area contributed by atoms with E-state index in [0.717, 1.165) is 4.90 Å². The SMILES string of the molecule is O=C(NCC(F)(F)F)C1CCN(C(=O)CCCN2C(=O)c3ccccc3C2=O)CC1. The Morgan fingerprint density at radius 1 is 1.03 bits per heavy atom. The van der Waals surface area contributed by atoms with Crippen molar-refractivity contribution in [2.45, 2.75) is 31.9 Å². The smallest absolute Gasteiger partial charge is 0.347 e. The van der Waals surface area contributed by atoms with E-state index >= 15 is 0 Å². The summed E-state index contributed by atoms with van der Waals surface area (Å²) < 4.78 is 36.6. The molecule has 162 valence electrons. The molecule has 0 saturated carbocycles. The molecule has 1 fully saturated rings. The molecule has 10 heteroatoms. The first-order chi connectivity index (χ1) is 14.2. The fourth-order valence-corrected chi connectivity index (χ4v) is 3.71. The van der Waals surface area contributed by atoms with Crippen LogP contribution in [0.1, 0.15) is 46.4 Å². The Balaban J connectivity index is 1.40. The lowest BCUT2D eigenvalue weighted by molar-refractivity contribution is -0.143. The summed E-state index contributed by atoms with van der Waals surface area (Å²) in [5.41, 5.74) is 0.722. The van der Waals surface area contributed by atoms with Crippen LogP contribution in [0.4, 0.5) is 13.2 Å². The van der Waals surface area contributed by atoms with E-state index in [9.17, 15) is 32.3 Å². The van der Waals surface area contributed by atoms with Gasteiger partial charge in [-0.25, -0.2) is 0 Å². The second kappa shape index (κ2) is 8.85. The van der Waals surface area contributed by atoms with Gasteiger partial charge in [-0.05, 0) is 31.4 Å². The van der Waals surface area contributed by atoms with Gasteiger partial charge in [-0.2, -0.15) is 13.2 Å². The van der Waals surface area contributed by atoms with Gasteiger partial charge in [-0.1, -0.05) is 12.1 Å². The van der Waals surface area contributed by atoms with Crippen molar-refractivity contribution in [1.29, 1.82) is 0 Å². The van der Waals surface area contributed by atoms with Crippen molar-refractivity contribution < 1.29 is 32.3 Å². The highest BCUT2D eigenvalue weighted by Crippen LogP contribution is 2.23. The van der Waals surface area contributed by atoms with Gasteiger partial charge < -0.3 is 10.2 Å². The topological polar surface area (TPSA) is 86.8 Å². The summed E-state index contributed by atoms with van der Waals surface area (Å²) >= 11 is 0. The molecule has 0 spiro atoms. The average Bonchev–Trinajstić information content (AvgIpc) is 2.96. The third kappa shape index (κ3) is 4.98. The molecule has 0 bridgehead atoms. The Hall–Kier alpha value is -2.91. The first-order valence-corrected chi connectivity index (χ1v) is 9.75. The summed E-state index contributed by atoms with van der Waals surface area (Å²) in [7, 11) is 0. The van der Waals surface area contributed by atoms with E-state index in [-0.39, 0.29) is 43.8 Å². The molecule has 1 aromatic carbocycles. The number of amides is 4. The lowest BCUT2D eigenvalue weighted by Gasteiger charge is -2.31. The summed E-state index contributed by atoms with van der Waals surface area (Å²) in [6.45, 7) is -0.650. The van der Waals surface area contributed by atoms with Crippen molar-refractivity contribution in [1.82, 2.24) is 15.1 Å². The number of likely N-dealkylation sites (tertiary alicyclic amines) is 1. The molecule has 2 aliphatic rings. The van der Waals surface area contributed by atoms with Crippen LogP contribution in [0.15, 0.2) is 24.3 Å². The highest BCUT2D eigenvalue weighted by Gasteiger charge is 2.35. The van der Waals surface area contributed by atoms with Crippen molar-refractivity contribution in [2.24, 2.45) is 5.92 Å². The monoisotopic (exact) mass is 425 g/mol. The summed E-state index contributed by atoms with van der Waals surface area (Å²) in [5, 5.41) is 1.88. The predicted octanol–water partition coefficient (Wildman–Crippen LogP) is 1.98. The number of piperidine rings is 1. The molecule has 1 N–H and O–H groups in total. The molecule has 0 unspecified atom stereocenters. The maximum atomic E-state index is 12.4. The number of nitrogens with zero attached hydrogens (tertiary/aromatic N) is 2. The number of hydrogen-bond donors (Lipinski definition) is 1. The number of imide groups is 1. The molecule has 0 radical (unpaired) electrons. The van der Waals surface area contributed by atoms with Crippen LogP contribution >= 0.6 is 0 Å². The number of rotatable bonds is 6. The van der Waals surface area contributed by atoms with Crippen molar-refractivity contribution in [3.8, 4) is 0 Å². The minimum Gasteiger partial charge on any atom is -0.347 e. The molecule has 0 aromatic heterocycles. The lowest BCUT2D eigenvalue weighted by Crippen LogP contribution is -2.44. The molecule has 0 atom stereocenters. The normalized spacial score (nSPS) is 17.3. The van der Waals surface area contributed by atoms with Gasteiger partial charge in [0.15, 0.2) is 0 Å². The van der Waals surface area contributed by atoms with E-state index in [1.165, 1.54) is 0 Å². The summed E-state index contributed by atoms with van der Waals surface area (Å²) in [5.74, 6) is -2.09. The van der Waals surface area contributed by atoms with Gasteiger partial charge in [0.1, 0.15) is 6.54 Å². The van der Waals surface area contributed by atoms with Crippen LogP contribution in [0.3, 0.4) is 0 Å². The molecule has 4 amide bonds. The minimum atomic E-state index is -4.45. The number of fused-ring (bicyclic) bond motifs is 1. The number of alkyl halides is 3. The molecule has 2 aliphatic heterocycles. The van der Waals surface area contributed by atoms with Crippen LogP contribution in [0.25, 0.3) is 0 Å². The zero-order chi connectivity index (χ0) is 21.9. The van der Waals surface area contributed by atoms with Gasteiger partial charge in [-0.3, -0.25) is 24.1 Å². The van der Waals surface area contributed by atoms with Crippen LogP contribution in [0.2, 0.25) is 0 Å². The highest BCUT2D eigenvalue weighted by molar-refractivity contribution is 6.21. The Morgan fingerprint density at radius 3 is 2.13 bits per heavy atom. The van der Waals surface area contributed by atoms with Gasteiger partial charge in [0, 0.05) is 32.0 Å². The second-order valence-corrected chi connectivity index (χ2v) is 7.40. The summed E-state index contributed by atoms with van der Waals surface area (Å²) in [4.78, 5) is 51.5. The molecule has 2 heterocycles. The first kappa shape index (κ1) is 21.8. The van der Waals surface area contributed by atoms with Crippen LogP contribution < -0.4 is 5.32 Å². The number of hydrogen-bond acceptors (Lipinski definition) is 4. The Kier molecular flexibility index (Phi) is 6.42. The van der Waals surface area contributed by atoms with E-state index in [0.29, 0.717) is 30.4 Å². The van der Waals surface area contributed by atoms with E-state index in [2.05, 4.69) is 0 Å². The highest BCUT2D eigenvalue weighted by atomic mass is 19.4. The maximum Gasteiger partial charge on any atom is 0.405 e. The minimum absolute atomic E-state index is 0.133. The zero-order valence-electron chi connectivity index (χ0n) is 16.2. The molecule has 7 nitrogen and oxygen atoms in total. The van der Waals surface area contributed by atoms with Crippen molar-refractivity contribution in [3.63, 3.8) is 0 Å². The van der Waals surface area contributed by atoms with E-state index in [1.807, 2.05) is 5.32 Å². The number of halogens is 3. The molecule has 30 heavy (non-hydrogen) atoms. The van der Waals surface area contributed by atoms with Crippen LogP contribution in [-0.4, -0.2) is 65.8 Å². The largest absolute Gasteiger partial charge is 0.405 e. The van der Waals surface area contributed by atoms with Crippen molar-refractivity contribution in [2.75, 3.05) is 26.2 Å². The van der Waals surface area contributed by atoms with Crippen molar-refractivity contribution >= 4 is 23.6 Å². The van der Waals surface area contributed by atoms with Crippen LogP contribution in [0, 0.1) is 5.92 Å². The number of carbonyl (C=O) groups excluding carboxylic acids is 4. The van der Waals surface area contributed by atoms with Gasteiger partial charge in [0.2, 0.25) is 11.8 Å². The fraction of sp³-hybridized carbons (Fsp3) is 0.500. The lowest BCUT2D eigenvalue weighted by atomic mass is 9.95. The molecular formula is C20H22F3N3O4. The van der Waals surface area contributed by atoms with Gasteiger partial charge in [0.25, 0.3) is 11.8 Å². The molecule has 1 saturated heterocycles. The number of carbonyl (C=O) groups is 4. The van der Waals surface area contributed by atoms with Crippen molar-refractivity contribution in [3.05, 3.63) is 35.4 Å². The number of nitrogens with one attached hydrogen (secondary N) is 1. The third-order valence-corrected chi connectivity index (χ3v) is 5.33. The molecule has 1 aromatic rings. The average molecular weight is 425 g/mol. The first-order valence-electron chi connectivity index (χ1n) is 9.75. The fourth-order valence-electron chi connectivity index (χ4n) is 3.71. The Labute approximate surface area is 171 Å². The predicted molar refractivity (Wildman–Crippen MR) is 99.4 cm³/mol. The third-order valence-electron chi connectivity index (χ3n) is 5.33. The molecule has 3 rings (SSSR count). The van der Waals surface area contributed by atoms with Crippen LogP contribution in [0.5, 0.6) is 0 Å². The van der Waals surface area contributed by atoms with Gasteiger partial charge >= 0.3 is 6.18 Å². The maximum absolute atomic E-state index is 12.4.